The summed E-state index contributed by atoms with van der Waals surface area (Å²) >= 11 is 0. The molecular formula is C19H29N2O2S+. The molecule has 0 amide bonds. The predicted octanol–water partition coefficient (Wildman–Crippen LogP) is 2.21. The summed E-state index contributed by atoms with van der Waals surface area (Å²) in [5.74, 6) is 0. The fourth-order valence-electron chi connectivity index (χ4n) is 2.99. The maximum absolute atomic E-state index is 12.6. The van der Waals surface area contributed by atoms with Crippen molar-refractivity contribution in [1.82, 2.24) is 4.72 Å². The van der Waals surface area contributed by atoms with Gasteiger partial charge in [-0.25, -0.2) is 13.1 Å². The van der Waals surface area contributed by atoms with E-state index in [0.717, 1.165) is 43.2 Å². The molecule has 2 aromatic carbocycles. The van der Waals surface area contributed by atoms with Gasteiger partial charge in [0, 0.05) is 6.04 Å². The molecule has 0 aromatic heterocycles. The smallest absolute Gasteiger partial charge is 0.240 e. The third-order valence-electron chi connectivity index (χ3n) is 4.56. The highest BCUT2D eigenvalue weighted by Crippen LogP contribution is 2.19. The van der Waals surface area contributed by atoms with Gasteiger partial charge in [0.25, 0.3) is 0 Å². The molecular weight excluding hydrogens is 320 g/mol. The van der Waals surface area contributed by atoms with Gasteiger partial charge in [-0.3, -0.25) is 0 Å². The van der Waals surface area contributed by atoms with Crippen molar-refractivity contribution in [2.24, 2.45) is 0 Å². The van der Waals surface area contributed by atoms with Crippen molar-refractivity contribution in [3.8, 4) is 0 Å². The normalized spacial score (nSPS) is 13.5. The summed E-state index contributed by atoms with van der Waals surface area (Å²) in [5.41, 5.74) is 0. The molecule has 132 valence electrons. The molecule has 0 radical (unpaired) electrons. The Morgan fingerprint density at radius 1 is 1.04 bits per heavy atom. The fraction of sp³-hybridized carbons (Fsp3) is 0.474. The van der Waals surface area contributed by atoms with Crippen LogP contribution in [0.25, 0.3) is 10.8 Å². The van der Waals surface area contributed by atoms with Gasteiger partial charge >= 0.3 is 0 Å². The number of sulfonamides is 1. The van der Waals surface area contributed by atoms with Gasteiger partial charge in [-0.2, -0.15) is 0 Å². The van der Waals surface area contributed by atoms with E-state index in [0.29, 0.717) is 4.90 Å². The molecule has 2 aromatic rings. The lowest BCUT2D eigenvalue weighted by atomic mass is 10.1. The van der Waals surface area contributed by atoms with Crippen molar-refractivity contribution < 1.29 is 13.3 Å². The van der Waals surface area contributed by atoms with Gasteiger partial charge in [-0.05, 0) is 56.5 Å². The highest BCUT2D eigenvalue weighted by Gasteiger charge is 2.18. The molecule has 0 aliphatic carbocycles. The van der Waals surface area contributed by atoms with Gasteiger partial charge in [0.15, 0.2) is 0 Å². The lowest BCUT2D eigenvalue weighted by Gasteiger charge is -2.18. The van der Waals surface area contributed by atoms with Crippen molar-refractivity contribution >= 4 is 20.8 Å². The van der Waals surface area contributed by atoms with E-state index in [-0.39, 0.29) is 6.04 Å². The van der Waals surface area contributed by atoms with Gasteiger partial charge in [0.05, 0.1) is 24.5 Å². The SMILES string of the molecule is CC[NH+](CC)CCC[C@H](C)NS(=O)(=O)c1ccc2ccccc2c1. The van der Waals surface area contributed by atoms with E-state index in [1.54, 1.807) is 17.0 Å². The summed E-state index contributed by atoms with van der Waals surface area (Å²) < 4.78 is 28.0. The lowest BCUT2D eigenvalue weighted by Crippen LogP contribution is -3.11. The van der Waals surface area contributed by atoms with Gasteiger partial charge < -0.3 is 4.90 Å². The molecule has 4 nitrogen and oxygen atoms in total. The fourth-order valence-corrected chi connectivity index (χ4v) is 4.30. The Labute approximate surface area is 145 Å². The Morgan fingerprint density at radius 2 is 1.71 bits per heavy atom. The quantitative estimate of drug-likeness (QED) is 0.729. The Hall–Kier alpha value is -1.43. The van der Waals surface area contributed by atoms with Crippen LogP contribution in [0, 0.1) is 0 Å². The molecule has 1 atom stereocenters. The van der Waals surface area contributed by atoms with Crippen LogP contribution in [0.4, 0.5) is 0 Å². The number of hydrogen-bond acceptors (Lipinski definition) is 2. The number of fused-ring (bicyclic) bond motifs is 1. The zero-order valence-electron chi connectivity index (χ0n) is 14.9. The molecule has 24 heavy (non-hydrogen) atoms. The van der Waals surface area contributed by atoms with Gasteiger partial charge in [-0.15, -0.1) is 0 Å². The van der Waals surface area contributed by atoms with Crippen LogP contribution in [0.3, 0.4) is 0 Å². The summed E-state index contributed by atoms with van der Waals surface area (Å²) in [7, 11) is -3.47. The number of rotatable bonds is 9. The highest BCUT2D eigenvalue weighted by molar-refractivity contribution is 7.89. The second-order valence-electron chi connectivity index (χ2n) is 6.38. The Kier molecular flexibility index (Phi) is 6.78. The minimum Gasteiger partial charge on any atom is -0.335 e. The van der Waals surface area contributed by atoms with Crippen LogP contribution in [0.1, 0.15) is 33.6 Å². The van der Waals surface area contributed by atoms with E-state index >= 15 is 0 Å². The van der Waals surface area contributed by atoms with Gasteiger partial charge in [0.1, 0.15) is 0 Å². The first-order valence-corrected chi connectivity index (χ1v) is 10.3. The van der Waals surface area contributed by atoms with E-state index < -0.39 is 10.0 Å². The van der Waals surface area contributed by atoms with Crippen LogP contribution in [0.5, 0.6) is 0 Å². The summed E-state index contributed by atoms with van der Waals surface area (Å²) in [4.78, 5) is 1.89. The molecule has 0 aliphatic heterocycles. The monoisotopic (exact) mass is 349 g/mol. The zero-order valence-corrected chi connectivity index (χ0v) is 15.7. The molecule has 0 spiro atoms. The standard InChI is InChI=1S/C19H28N2O2S/c1-4-21(5-2)14-8-9-16(3)20-24(22,23)19-13-12-17-10-6-7-11-18(17)15-19/h6-7,10-13,15-16,20H,4-5,8-9,14H2,1-3H3/p+1/t16-/m0/s1. The Balaban J connectivity index is 1.98. The van der Waals surface area contributed by atoms with Crippen LogP contribution >= 0.6 is 0 Å². The molecule has 0 unspecified atom stereocenters. The zero-order chi connectivity index (χ0) is 17.6. The van der Waals surface area contributed by atoms with Crippen molar-refractivity contribution in [1.29, 1.82) is 0 Å². The number of benzene rings is 2. The Bertz CT molecular complexity index is 755. The first-order chi connectivity index (χ1) is 11.5. The molecule has 0 fully saturated rings. The molecule has 0 saturated carbocycles. The molecule has 2 N–H and O–H groups in total. The maximum atomic E-state index is 12.6. The van der Waals surface area contributed by atoms with E-state index in [9.17, 15) is 8.42 Å². The largest absolute Gasteiger partial charge is 0.335 e. The second kappa shape index (κ2) is 8.60. The van der Waals surface area contributed by atoms with Crippen LogP contribution in [-0.4, -0.2) is 34.1 Å². The summed E-state index contributed by atoms with van der Waals surface area (Å²) in [6.07, 6.45) is 1.88. The minimum absolute atomic E-state index is 0.0589. The summed E-state index contributed by atoms with van der Waals surface area (Å²) in [5, 5.41) is 1.99. The van der Waals surface area contributed by atoms with Crippen LogP contribution < -0.4 is 9.62 Å². The van der Waals surface area contributed by atoms with Crippen LogP contribution in [-0.2, 0) is 10.0 Å². The van der Waals surface area contributed by atoms with Crippen molar-refractivity contribution in [2.75, 3.05) is 19.6 Å². The predicted molar refractivity (Wildman–Crippen MR) is 99.9 cm³/mol. The number of nitrogens with one attached hydrogen (secondary N) is 2. The van der Waals surface area contributed by atoms with E-state index in [1.807, 2.05) is 37.3 Å². The van der Waals surface area contributed by atoms with Crippen LogP contribution in [0.15, 0.2) is 47.4 Å². The van der Waals surface area contributed by atoms with E-state index in [2.05, 4.69) is 18.6 Å². The Morgan fingerprint density at radius 3 is 2.38 bits per heavy atom. The van der Waals surface area contributed by atoms with Crippen molar-refractivity contribution in [3.05, 3.63) is 42.5 Å². The lowest BCUT2D eigenvalue weighted by molar-refractivity contribution is -0.896. The molecule has 2 rings (SSSR count). The first kappa shape index (κ1) is 18.9. The number of hydrogen-bond donors (Lipinski definition) is 2. The molecule has 0 saturated heterocycles. The van der Waals surface area contributed by atoms with Crippen molar-refractivity contribution in [2.45, 2.75) is 44.6 Å². The van der Waals surface area contributed by atoms with Gasteiger partial charge in [-0.1, -0.05) is 30.3 Å². The summed E-state index contributed by atoms with van der Waals surface area (Å²) in [6, 6.07) is 13.0. The van der Waals surface area contributed by atoms with Crippen LogP contribution in [0.2, 0.25) is 0 Å². The maximum Gasteiger partial charge on any atom is 0.240 e. The minimum atomic E-state index is -3.47. The summed E-state index contributed by atoms with van der Waals surface area (Å²) in [6.45, 7) is 9.64. The van der Waals surface area contributed by atoms with E-state index in [1.165, 1.54) is 0 Å². The molecule has 0 heterocycles. The average molecular weight is 350 g/mol. The van der Waals surface area contributed by atoms with Crippen molar-refractivity contribution in [3.63, 3.8) is 0 Å². The van der Waals surface area contributed by atoms with Gasteiger partial charge in [0.2, 0.25) is 10.0 Å². The second-order valence-corrected chi connectivity index (χ2v) is 8.09. The third kappa shape index (κ3) is 5.03. The van der Waals surface area contributed by atoms with E-state index in [4.69, 9.17) is 0 Å². The highest BCUT2D eigenvalue weighted by atomic mass is 32.2. The topological polar surface area (TPSA) is 50.6 Å². The molecule has 0 aliphatic rings. The molecule has 0 bridgehead atoms. The first-order valence-electron chi connectivity index (χ1n) is 8.81. The average Bonchev–Trinajstić information content (AvgIpc) is 2.58. The third-order valence-corrected chi connectivity index (χ3v) is 6.14. The molecule has 5 heteroatoms. The number of quaternary nitrogens is 1.